The quantitative estimate of drug-likeness (QED) is 0.873. The van der Waals surface area contributed by atoms with E-state index in [2.05, 4.69) is 4.98 Å². The molecule has 6 heteroatoms. The number of hydrogen-bond acceptors (Lipinski definition) is 4. The molecule has 2 rings (SSSR count). The Bertz CT molecular complexity index is 642. The summed E-state index contributed by atoms with van der Waals surface area (Å²) in [5, 5.41) is 9.85. The van der Waals surface area contributed by atoms with Crippen LogP contribution < -0.4 is 4.90 Å². The highest BCUT2D eigenvalue weighted by atomic mass is 32.1. The van der Waals surface area contributed by atoms with Gasteiger partial charge in [-0.3, -0.25) is 0 Å². The number of hydrogen-bond donors (Lipinski definition) is 1. The van der Waals surface area contributed by atoms with E-state index >= 15 is 0 Å². The van der Waals surface area contributed by atoms with Crippen molar-refractivity contribution in [1.29, 1.82) is 0 Å². The summed E-state index contributed by atoms with van der Waals surface area (Å²) in [7, 11) is 0. The van der Waals surface area contributed by atoms with Crippen molar-refractivity contribution in [3.8, 4) is 0 Å². The molecule has 21 heavy (non-hydrogen) atoms. The van der Waals surface area contributed by atoms with Gasteiger partial charge in [0.1, 0.15) is 10.7 Å². The van der Waals surface area contributed by atoms with E-state index in [-0.39, 0.29) is 10.7 Å². The third-order valence-corrected chi connectivity index (χ3v) is 4.14. The summed E-state index contributed by atoms with van der Waals surface area (Å²) in [6.45, 7) is 4.49. The molecule has 0 atom stereocenters. The fourth-order valence-corrected chi connectivity index (χ4v) is 3.14. The predicted molar refractivity (Wildman–Crippen MR) is 82.1 cm³/mol. The SMILES string of the molecule is CCCc1nc(N(CC)c2cccc(F)c2)sc1C(=O)O. The Morgan fingerprint density at radius 3 is 2.76 bits per heavy atom. The van der Waals surface area contributed by atoms with E-state index in [9.17, 15) is 14.3 Å². The molecule has 0 spiro atoms. The van der Waals surface area contributed by atoms with Crippen molar-refractivity contribution < 1.29 is 14.3 Å². The van der Waals surface area contributed by atoms with Gasteiger partial charge in [0.15, 0.2) is 5.13 Å². The molecule has 0 aliphatic carbocycles. The molecule has 0 radical (unpaired) electrons. The Morgan fingerprint density at radius 1 is 1.43 bits per heavy atom. The van der Waals surface area contributed by atoms with Crippen molar-refractivity contribution in [2.45, 2.75) is 26.7 Å². The second kappa shape index (κ2) is 6.67. The molecular weight excluding hydrogens is 291 g/mol. The summed E-state index contributed by atoms with van der Waals surface area (Å²) in [4.78, 5) is 17.8. The van der Waals surface area contributed by atoms with Crippen LogP contribution in [0.25, 0.3) is 0 Å². The van der Waals surface area contributed by atoms with Crippen LogP contribution >= 0.6 is 11.3 Å². The van der Waals surface area contributed by atoms with Gasteiger partial charge >= 0.3 is 5.97 Å². The molecule has 0 bridgehead atoms. The lowest BCUT2D eigenvalue weighted by atomic mass is 10.2. The van der Waals surface area contributed by atoms with Gasteiger partial charge in [-0.25, -0.2) is 14.2 Å². The van der Waals surface area contributed by atoms with Crippen LogP contribution in [0, 0.1) is 5.82 Å². The van der Waals surface area contributed by atoms with E-state index in [1.807, 2.05) is 18.7 Å². The largest absolute Gasteiger partial charge is 0.477 e. The molecular formula is C15H17FN2O2S. The third kappa shape index (κ3) is 3.39. The van der Waals surface area contributed by atoms with Crippen LogP contribution in [-0.2, 0) is 6.42 Å². The molecule has 0 unspecified atom stereocenters. The summed E-state index contributed by atoms with van der Waals surface area (Å²) in [5.74, 6) is -1.28. The topological polar surface area (TPSA) is 53.4 Å². The maximum absolute atomic E-state index is 13.4. The van der Waals surface area contributed by atoms with Gasteiger partial charge in [0.2, 0.25) is 0 Å². The van der Waals surface area contributed by atoms with Crippen LogP contribution in [0.4, 0.5) is 15.2 Å². The van der Waals surface area contributed by atoms with Crippen molar-refractivity contribution in [1.82, 2.24) is 4.98 Å². The number of carboxylic acid groups (broad SMARTS) is 1. The lowest BCUT2D eigenvalue weighted by molar-refractivity contribution is 0.0700. The first kappa shape index (κ1) is 15.4. The molecule has 0 saturated heterocycles. The minimum Gasteiger partial charge on any atom is -0.477 e. The van der Waals surface area contributed by atoms with E-state index in [1.165, 1.54) is 12.1 Å². The molecule has 1 N–H and O–H groups in total. The van der Waals surface area contributed by atoms with Crippen LogP contribution in [0.2, 0.25) is 0 Å². The second-order valence-corrected chi connectivity index (χ2v) is 5.53. The number of aromatic nitrogens is 1. The molecule has 1 aromatic heterocycles. The summed E-state index contributed by atoms with van der Waals surface area (Å²) in [6, 6.07) is 6.22. The monoisotopic (exact) mass is 308 g/mol. The van der Waals surface area contributed by atoms with Gasteiger partial charge in [-0.05, 0) is 31.5 Å². The van der Waals surface area contributed by atoms with Gasteiger partial charge in [0.05, 0.1) is 5.69 Å². The van der Waals surface area contributed by atoms with Crippen molar-refractivity contribution >= 4 is 28.1 Å². The highest BCUT2D eigenvalue weighted by Gasteiger charge is 2.20. The first-order valence-electron chi connectivity index (χ1n) is 6.82. The fraction of sp³-hybridized carbons (Fsp3) is 0.333. The molecule has 4 nitrogen and oxygen atoms in total. The van der Waals surface area contributed by atoms with Crippen LogP contribution in [-0.4, -0.2) is 22.6 Å². The summed E-state index contributed by atoms with van der Waals surface area (Å²) in [5.41, 5.74) is 1.27. The van der Waals surface area contributed by atoms with Crippen LogP contribution in [0.5, 0.6) is 0 Å². The number of benzene rings is 1. The van der Waals surface area contributed by atoms with Gasteiger partial charge < -0.3 is 10.0 Å². The van der Waals surface area contributed by atoms with Crippen LogP contribution in [0.1, 0.15) is 35.6 Å². The fourth-order valence-electron chi connectivity index (χ4n) is 2.10. The lowest BCUT2D eigenvalue weighted by Crippen LogP contribution is -2.15. The van der Waals surface area contributed by atoms with E-state index in [4.69, 9.17) is 0 Å². The third-order valence-electron chi connectivity index (χ3n) is 3.03. The van der Waals surface area contributed by atoms with E-state index in [1.54, 1.807) is 12.1 Å². The van der Waals surface area contributed by atoms with Gasteiger partial charge in [0.25, 0.3) is 0 Å². The highest BCUT2D eigenvalue weighted by Crippen LogP contribution is 2.32. The zero-order valence-corrected chi connectivity index (χ0v) is 12.8. The number of aromatic carboxylic acids is 1. The summed E-state index contributed by atoms with van der Waals surface area (Å²) < 4.78 is 13.4. The minimum atomic E-state index is -0.961. The lowest BCUT2D eigenvalue weighted by Gasteiger charge is -2.19. The Hall–Kier alpha value is -1.95. The zero-order chi connectivity index (χ0) is 15.4. The molecule has 112 valence electrons. The van der Waals surface area contributed by atoms with Gasteiger partial charge in [-0.1, -0.05) is 30.7 Å². The molecule has 0 amide bonds. The Kier molecular flexibility index (Phi) is 4.90. The number of carboxylic acids is 1. The highest BCUT2D eigenvalue weighted by molar-refractivity contribution is 7.17. The van der Waals surface area contributed by atoms with Crippen LogP contribution in [0.3, 0.4) is 0 Å². The molecule has 0 saturated carbocycles. The van der Waals surface area contributed by atoms with Crippen molar-refractivity contribution in [3.05, 3.63) is 40.7 Å². The Labute approximate surface area is 126 Å². The number of carbonyl (C=O) groups is 1. The standard InChI is InChI=1S/C15H17FN2O2S/c1-3-6-12-13(14(19)20)21-15(17-12)18(4-2)11-8-5-7-10(16)9-11/h5,7-9H,3-4,6H2,1-2H3,(H,19,20). The average Bonchev–Trinajstić information content (AvgIpc) is 2.84. The van der Waals surface area contributed by atoms with E-state index in [0.29, 0.717) is 29.5 Å². The second-order valence-electron chi connectivity index (χ2n) is 4.55. The maximum Gasteiger partial charge on any atom is 0.347 e. The molecule has 0 aliphatic heterocycles. The number of rotatable bonds is 6. The van der Waals surface area contributed by atoms with Crippen molar-refractivity contribution in [2.75, 3.05) is 11.4 Å². The minimum absolute atomic E-state index is 0.265. The molecule has 2 aromatic rings. The zero-order valence-electron chi connectivity index (χ0n) is 12.0. The van der Waals surface area contributed by atoms with Gasteiger partial charge in [0, 0.05) is 12.2 Å². The summed E-state index contributed by atoms with van der Waals surface area (Å²) in [6.07, 6.45) is 1.45. The number of halogens is 1. The Morgan fingerprint density at radius 2 is 2.19 bits per heavy atom. The Balaban J connectivity index is 2.43. The van der Waals surface area contributed by atoms with E-state index in [0.717, 1.165) is 17.8 Å². The number of thiazole rings is 1. The number of nitrogens with zero attached hydrogens (tertiary/aromatic N) is 2. The average molecular weight is 308 g/mol. The number of anilines is 2. The smallest absolute Gasteiger partial charge is 0.347 e. The molecule has 1 aromatic carbocycles. The molecule has 0 aliphatic rings. The summed E-state index contributed by atoms with van der Waals surface area (Å²) >= 11 is 1.13. The predicted octanol–water partition coefficient (Wildman–Crippen LogP) is 4.09. The van der Waals surface area contributed by atoms with Crippen LogP contribution in [0.15, 0.2) is 24.3 Å². The van der Waals surface area contributed by atoms with Crippen molar-refractivity contribution in [3.63, 3.8) is 0 Å². The van der Waals surface area contributed by atoms with Gasteiger partial charge in [-0.2, -0.15) is 0 Å². The first-order valence-corrected chi connectivity index (χ1v) is 7.64. The maximum atomic E-state index is 13.4. The molecule has 0 fully saturated rings. The molecule has 1 heterocycles. The number of aryl methyl sites for hydroxylation is 1. The first-order chi connectivity index (χ1) is 10.1. The van der Waals surface area contributed by atoms with E-state index < -0.39 is 5.97 Å². The van der Waals surface area contributed by atoms with Crippen molar-refractivity contribution in [2.24, 2.45) is 0 Å². The normalized spacial score (nSPS) is 10.6. The van der Waals surface area contributed by atoms with Gasteiger partial charge in [-0.15, -0.1) is 0 Å².